The Hall–Kier alpha value is -2.29. The van der Waals surface area contributed by atoms with Gasteiger partial charge in [0.05, 0.1) is 23.2 Å². The number of carbonyl (C=O) groups excluding carboxylic acids is 2. The number of nitrogens with two attached hydrogens (primary N) is 1. The van der Waals surface area contributed by atoms with E-state index >= 15 is 0 Å². The first-order valence-electron chi connectivity index (χ1n) is 7.66. The zero-order valence-electron chi connectivity index (χ0n) is 14.4. The lowest BCUT2D eigenvalue weighted by Gasteiger charge is -2.28. The number of sulfonamides is 1. The summed E-state index contributed by atoms with van der Waals surface area (Å²) >= 11 is 11.9. The summed E-state index contributed by atoms with van der Waals surface area (Å²) in [6, 6.07) is 9.20. The predicted octanol–water partition coefficient (Wildman–Crippen LogP) is 2.89. The molecule has 0 spiro atoms. The molecule has 0 aliphatic rings. The van der Waals surface area contributed by atoms with Crippen molar-refractivity contribution in [2.75, 3.05) is 15.9 Å². The van der Waals surface area contributed by atoms with Gasteiger partial charge in [-0.15, -0.1) is 0 Å². The van der Waals surface area contributed by atoms with Crippen LogP contribution in [0.15, 0.2) is 42.5 Å². The second-order valence-corrected chi connectivity index (χ2v) is 8.49. The maximum atomic E-state index is 12.7. The fourth-order valence-corrected chi connectivity index (χ4v) is 4.19. The number of rotatable bonds is 6. The van der Waals surface area contributed by atoms with Gasteiger partial charge >= 0.3 is 0 Å². The molecule has 0 saturated carbocycles. The highest BCUT2D eigenvalue weighted by atomic mass is 35.5. The van der Waals surface area contributed by atoms with E-state index in [9.17, 15) is 18.0 Å². The summed E-state index contributed by atoms with van der Waals surface area (Å²) in [5.41, 5.74) is 5.72. The molecule has 0 fully saturated rings. The molecular formula is C17H17Cl2N3O4S. The zero-order valence-corrected chi connectivity index (χ0v) is 16.8. The molecule has 1 atom stereocenters. The number of hydrogen-bond donors (Lipinski definition) is 2. The van der Waals surface area contributed by atoms with Crippen LogP contribution in [0, 0.1) is 0 Å². The summed E-state index contributed by atoms with van der Waals surface area (Å²) in [6.45, 7) is 1.40. The minimum absolute atomic E-state index is 0.106. The van der Waals surface area contributed by atoms with Gasteiger partial charge in [-0.2, -0.15) is 0 Å². The summed E-state index contributed by atoms with van der Waals surface area (Å²) in [5, 5.41) is 2.97. The minimum Gasteiger partial charge on any atom is -0.366 e. The maximum Gasteiger partial charge on any atom is 0.250 e. The molecule has 27 heavy (non-hydrogen) atoms. The number of amides is 2. The van der Waals surface area contributed by atoms with Crippen LogP contribution in [-0.4, -0.2) is 32.5 Å². The van der Waals surface area contributed by atoms with Gasteiger partial charge in [0.15, 0.2) is 0 Å². The van der Waals surface area contributed by atoms with Gasteiger partial charge in [-0.25, -0.2) is 8.42 Å². The highest BCUT2D eigenvalue weighted by Crippen LogP contribution is 2.29. The molecule has 0 aliphatic carbocycles. The van der Waals surface area contributed by atoms with Crippen LogP contribution < -0.4 is 15.4 Å². The second kappa shape index (κ2) is 8.16. The quantitative estimate of drug-likeness (QED) is 0.734. The molecule has 2 aromatic rings. The fraction of sp³-hybridized carbons (Fsp3) is 0.176. The van der Waals surface area contributed by atoms with E-state index in [-0.39, 0.29) is 27.0 Å². The normalized spacial score (nSPS) is 12.3. The third kappa shape index (κ3) is 5.12. The van der Waals surface area contributed by atoms with Gasteiger partial charge in [0.2, 0.25) is 15.9 Å². The molecule has 3 N–H and O–H groups in total. The zero-order chi connectivity index (χ0) is 20.4. The molecule has 144 valence electrons. The average molecular weight is 430 g/mol. The van der Waals surface area contributed by atoms with E-state index in [1.807, 2.05) is 0 Å². The fourth-order valence-electron chi connectivity index (χ4n) is 2.52. The summed E-state index contributed by atoms with van der Waals surface area (Å²) in [4.78, 5) is 24.2. The van der Waals surface area contributed by atoms with Crippen molar-refractivity contribution in [1.82, 2.24) is 0 Å². The second-order valence-electron chi connectivity index (χ2n) is 5.76. The van der Waals surface area contributed by atoms with E-state index in [0.717, 1.165) is 10.6 Å². The van der Waals surface area contributed by atoms with Crippen LogP contribution in [0.5, 0.6) is 0 Å². The van der Waals surface area contributed by atoms with E-state index in [1.54, 1.807) is 12.1 Å². The standard InChI is InChI=1S/C17H17Cl2N3O4S/c1-10(17(24)21-15-6-4-3-5-14(15)16(20)23)22(27(2,25)26)13-8-11(18)7-12(19)9-13/h3-10H,1-2H3,(H2,20,23)(H,21,24). The largest absolute Gasteiger partial charge is 0.366 e. The van der Waals surface area contributed by atoms with Crippen LogP contribution in [0.3, 0.4) is 0 Å². The molecule has 0 bridgehead atoms. The Kier molecular flexibility index (Phi) is 6.35. The molecule has 0 saturated heterocycles. The molecule has 0 heterocycles. The van der Waals surface area contributed by atoms with E-state index in [4.69, 9.17) is 28.9 Å². The van der Waals surface area contributed by atoms with E-state index < -0.39 is 27.9 Å². The Balaban J connectivity index is 2.40. The molecule has 2 amide bonds. The molecule has 0 aromatic heterocycles. The van der Waals surface area contributed by atoms with Crippen molar-refractivity contribution >= 4 is 56.4 Å². The first-order valence-corrected chi connectivity index (χ1v) is 10.3. The van der Waals surface area contributed by atoms with Crippen LogP contribution in [-0.2, 0) is 14.8 Å². The topological polar surface area (TPSA) is 110 Å². The SMILES string of the molecule is CC(C(=O)Nc1ccccc1C(N)=O)N(c1cc(Cl)cc(Cl)c1)S(C)(=O)=O. The predicted molar refractivity (Wildman–Crippen MR) is 107 cm³/mol. The van der Waals surface area contributed by atoms with E-state index in [1.165, 1.54) is 37.3 Å². The molecule has 0 radical (unpaired) electrons. The Labute approximate surface area is 167 Å². The van der Waals surface area contributed by atoms with Crippen molar-refractivity contribution in [3.05, 3.63) is 58.1 Å². The maximum absolute atomic E-state index is 12.7. The van der Waals surface area contributed by atoms with Gasteiger partial charge in [0, 0.05) is 10.0 Å². The van der Waals surface area contributed by atoms with Crippen molar-refractivity contribution in [3.63, 3.8) is 0 Å². The number of hydrogen-bond acceptors (Lipinski definition) is 4. The number of nitrogens with zero attached hydrogens (tertiary/aromatic N) is 1. The molecule has 2 rings (SSSR count). The lowest BCUT2D eigenvalue weighted by Crippen LogP contribution is -2.45. The molecule has 10 heteroatoms. The van der Waals surface area contributed by atoms with Crippen molar-refractivity contribution in [1.29, 1.82) is 0 Å². The van der Waals surface area contributed by atoms with Crippen molar-refractivity contribution in [2.24, 2.45) is 5.73 Å². The van der Waals surface area contributed by atoms with Crippen LogP contribution in [0.2, 0.25) is 10.0 Å². The summed E-state index contributed by atoms with van der Waals surface area (Å²) in [7, 11) is -3.85. The number of para-hydroxylation sites is 1. The Bertz CT molecular complexity index is 975. The van der Waals surface area contributed by atoms with Gasteiger partial charge in [-0.05, 0) is 37.3 Å². The lowest BCUT2D eigenvalue weighted by atomic mass is 10.1. The molecular weight excluding hydrogens is 413 g/mol. The van der Waals surface area contributed by atoms with Gasteiger partial charge in [-0.1, -0.05) is 35.3 Å². The van der Waals surface area contributed by atoms with Gasteiger partial charge < -0.3 is 11.1 Å². The van der Waals surface area contributed by atoms with E-state index in [0.29, 0.717) is 0 Å². The highest BCUT2D eigenvalue weighted by Gasteiger charge is 2.30. The molecule has 2 aromatic carbocycles. The summed E-state index contributed by atoms with van der Waals surface area (Å²) < 4.78 is 25.5. The van der Waals surface area contributed by atoms with Gasteiger partial charge in [-0.3, -0.25) is 13.9 Å². The smallest absolute Gasteiger partial charge is 0.250 e. The van der Waals surface area contributed by atoms with Crippen LogP contribution in [0.25, 0.3) is 0 Å². The van der Waals surface area contributed by atoms with E-state index in [2.05, 4.69) is 5.32 Å². The molecule has 0 aliphatic heterocycles. The van der Waals surface area contributed by atoms with Crippen LogP contribution in [0.1, 0.15) is 17.3 Å². The molecule has 1 unspecified atom stereocenters. The average Bonchev–Trinajstić information content (AvgIpc) is 2.52. The van der Waals surface area contributed by atoms with Gasteiger partial charge in [0.25, 0.3) is 5.91 Å². The third-order valence-corrected chi connectivity index (χ3v) is 5.32. The summed E-state index contributed by atoms with van der Waals surface area (Å²) in [5.74, 6) is -1.38. The van der Waals surface area contributed by atoms with Crippen molar-refractivity contribution in [3.8, 4) is 0 Å². The lowest BCUT2D eigenvalue weighted by molar-refractivity contribution is -0.116. The first-order chi connectivity index (χ1) is 12.5. The monoisotopic (exact) mass is 429 g/mol. The van der Waals surface area contributed by atoms with Crippen molar-refractivity contribution in [2.45, 2.75) is 13.0 Å². The van der Waals surface area contributed by atoms with Gasteiger partial charge in [0.1, 0.15) is 6.04 Å². The third-order valence-electron chi connectivity index (χ3n) is 3.64. The number of nitrogens with one attached hydrogen (secondary N) is 1. The Morgan fingerprint density at radius 2 is 1.67 bits per heavy atom. The minimum atomic E-state index is -3.85. The number of carbonyl (C=O) groups is 2. The summed E-state index contributed by atoms with van der Waals surface area (Å²) in [6.07, 6.45) is 0.961. The highest BCUT2D eigenvalue weighted by molar-refractivity contribution is 7.92. The molecule has 7 nitrogen and oxygen atoms in total. The number of benzene rings is 2. The number of primary amides is 1. The van der Waals surface area contributed by atoms with Crippen LogP contribution in [0.4, 0.5) is 11.4 Å². The number of anilines is 2. The van der Waals surface area contributed by atoms with Crippen LogP contribution >= 0.6 is 23.2 Å². The first kappa shape index (κ1) is 21.0. The number of halogens is 2. The Morgan fingerprint density at radius 3 is 2.19 bits per heavy atom. The van der Waals surface area contributed by atoms with Crippen molar-refractivity contribution < 1.29 is 18.0 Å². The Morgan fingerprint density at radius 1 is 1.11 bits per heavy atom.